The molecular formula is C21H21N3O3S2. The van der Waals surface area contributed by atoms with Crippen LogP contribution in [0.5, 0.6) is 11.5 Å². The van der Waals surface area contributed by atoms with E-state index in [2.05, 4.69) is 47.4 Å². The van der Waals surface area contributed by atoms with E-state index in [-0.39, 0.29) is 11.0 Å². The zero-order chi connectivity index (χ0) is 20.8. The van der Waals surface area contributed by atoms with Gasteiger partial charge in [0.05, 0.1) is 19.9 Å². The molecule has 1 amide bonds. The second-order valence-electron chi connectivity index (χ2n) is 6.20. The molecule has 0 fully saturated rings. The van der Waals surface area contributed by atoms with Crippen LogP contribution in [-0.2, 0) is 0 Å². The van der Waals surface area contributed by atoms with E-state index >= 15 is 0 Å². The molecule has 0 aliphatic rings. The number of methoxy groups -OCH3 is 2. The predicted octanol–water partition coefficient (Wildman–Crippen LogP) is 4.37. The summed E-state index contributed by atoms with van der Waals surface area (Å²) in [7, 11) is 3.05. The Morgan fingerprint density at radius 1 is 0.966 bits per heavy atom. The molecule has 1 aromatic heterocycles. The van der Waals surface area contributed by atoms with Crippen molar-refractivity contribution < 1.29 is 14.3 Å². The van der Waals surface area contributed by atoms with Crippen LogP contribution in [0.15, 0.2) is 53.9 Å². The van der Waals surface area contributed by atoms with E-state index in [9.17, 15) is 4.79 Å². The molecule has 0 unspecified atom stereocenters. The van der Waals surface area contributed by atoms with Crippen LogP contribution in [0.2, 0.25) is 0 Å². The lowest BCUT2D eigenvalue weighted by atomic mass is 10.1. The van der Waals surface area contributed by atoms with Gasteiger partial charge in [0.15, 0.2) is 5.11 Å². The first kappa shape index (κ1) is 20.6. The highest BCUT2D eigenvalue weighted by atomic mass is 32.1. The van der Waals surface area contributed by atoms with Crippen LogP contribution in [-0.4, -0.2) is 25.2 Å². The third kappa shape index (κ3) is 5.46. The number of hydrazine groups is 1. The van der Waals surface area contributed by atoms with Crippen LogP contribution >= 0.6 is 23.6 Å². The van der Waals surface area contributed by atoms with Gasteiger partial charge in [0.25, 0.3) is 5.91 Å². The van der Waals surface area contributed by atoms with Crippen LogP contribution in [0.1, 0.15) is 15.9 Å². The summed E-state index contributed by atoms with van der Waals surface area (Å²) >= 11 is 6.88. The maximum atomic E-state index is 12.4. The van der Waals surface area contributed by atoms with Crippen LogP contribution < -0.4 is 25.6 Å². The Morgan fingerprint density at radius 3 is 2.24 bits per heavy atom. The molecule has 3 N–H and O–H groups in total. The Kier molecular flexibility index (Phi) is 6.69. The highest BCUT2D eigenvalue weighted by Gasteiger charge is 2.11. The second kappa shape index (κ2) is 9.40. The molecule has 6 nitrogen and oxygen atoms in total. The van der Waals surface area contributed by atoms with Crippen molar-refractivity contribution in [3.63, 3.8) is 0 Å². The van der Waals surface area contributed by atoms with Crippen LogP contribution in [0, 0.1) is 6.92 Å². The number of aryl methyl sites for hydroxylation is 1. The number of anilines is 1. The molecular weight excluding hydrogens is 406 g/mol. The predicted molar refractivity (Wildman–Crippen MR) is 121 cm³/mol. The van der Waals surface area contributed by atoms with E-state index < -0.39 is 0 Å². The number of nitrogens with one attached hydrogen (secondary N) is 3. The molecule has 0 spiro atoms. The molecule has 0 aliphatic heterocycles. The van der Waals surface area contributed by atoms with Gasteiger partial charge in [0, 0.05) is 21.9 Å². The van der Waals surface area contributed by atoms with Gasteiger partial charge in [0.1, 0.15) is 11.5 Å². The SMILES string of the molecule is COc1cc(OC)cc(C(=O)NNC(=S)Nc2csc(-c3ccc(C)cc3)c2)c1. The molecule has 1 heterocycles. The zero-order valence-corrected chi connectivity index (χ0v) is 17.9. The maximum Gasteiger partial charge on any atom is 0.269 e. The van der Waals surface area contributed by atoms with Gasteiger partial charge < -0.3 is 14.8 Å². The Balaban J connectivity index is 1.57. The van der Waals surface area contributed by atoms with Crippen molar-refractivity contribution in [2.45, 2.75) is 6.92 Å². The highest BCUT2D eigenvalue weighted by Crippen LogP contribution is 2.30. The Hall–Kier alpha value is -3.10. The minimum Gasteiger partial charge on any atom is -0.497 e. The minimum absolute atomic E-state index is 0.279. The van der Waals surface area contributed by atoms with Gasteiger partial charge in [-0.3, -0.25) is 15.6 Å². The first-order chi connectivity index (χ1) is 14.0. The smallest absolute Gasteiger partial charge is 0.269 e. The molecule has 2 aromatic carbocycles. The summed E-state index contributed by atoms with van der Waals surface area (Å²) < 4.78 is 10.4. The average Bonchev–Trinajstić information content (AvgIpc) is 3.20. The van der Waals surface area contributed by atoms with Crippen LogP contribution in [0.4, 0.5) is 5.69 Å². The molecule has 3 rings (SSSR count). The molecule has 0 saturated heterocycles. The van der Waals surface area contributed by atoms with Gasteiger partial charge in [-0.15, -0.1) is 11.3 Å². The third-order valence-corrected chi connectivity index (χ3v) is 5.28. The topological polar surface area (TPSA) is 71.6 Å². The number of rotatable bonds is 5. The molecule has 3 aromatic rings. The molecule has 0 saturated carbocycles. The summed E-state index contributed by atoms with van der Waals surface area (Å²) in [6.07, 6.45) is 0. The van der Waals surface area contributed by atoms with E-state index in [4.69, 9.17) is 21.7 Å². The van der Waals surface area contributed by atoms with Crippen molar-refractivity contribution in [1.29, 1.82) is 0 Å². The minimum atomic E-state index is -0.364. The average molecular weight is 428 g/mol. The number of amides is 1. The summed E-state index contributed by atoms with van der Waals surface area (Å²) in [5.41, 5.74) is 8.87. The third-order valence-electron chi connectivity index (χ3n) is 4.10. The van der Waals surface area contributed by atoms with E-state index in [1.54, 1.807) is 29.5 Å². The summed E-state index contributed by atoms with van der Waals surface area (Å²) in [6.45, 7) is 2.06. The summed E-state index contributed by atoms with van der Waals surface area (Å²) in [5.74, 6) is 0.686. The molecule has 150 valence electrons. The Bertz CT molecular complexity index is 994. The maximum absolute atomic E-state index is 12.4. The fourth-order valence-electron chi connectivity index (χ4n) is 2.56. The van der Waals surface area contributed by atoms with Gasteiger partial charge in [-0.25, -0.2) is 0 Å². The first-order valence-electron chi connectivity index (χ1n) is 8.74. The summed E-state index contributed by atoms with van der Waals surface area (Å²) in [4.78, 5) is 13.5. The van der Waals surface area contributed by atoms with E-state index in [0.29, 0.717) is 17.1 Å². The fourth-order valence-corrected chi connectivity index (χ4v) is 3.57. The number of ether oxygens (including phenoxy) is 2. The standard InChI is InChI=1S/C21H21N3O3S2/c1-13-4-6-14(7-5-13)19-10-16(12-29-19)22-21(28)24-23-20(25)15-8-17(26-2)11-18(9-15)27-3/h4-12H,1-3H3,(H,23,25)(H2,22,24,28). The van der Waals surface area contributed by atoms with Gasteiger partial charge in [0.2, 0.25) is 0 Å². The second-order valence-corrected chi connectivity index (χ2v) is 7.52. The molecule has 0 atom stereocenters. The van der Waals surface area contributed by atoms with Gasteiger partial charge in [-0.05, 0) is 42.9 Å². The van der Waals surface area contributed by atoms with Gasteiger partial charge in [-0.2, -0.15) is 0 Å². The number of carbonyl (C=O) groups excluding carboxylic acids is 1. The van der Waals surface area contributed by atoms with Crippen molar-refractivity contribution in [1.82, 2.24) is 10.9 Å². The normalized spacial score (nSPS) is 10.2. The number of thiophene rings is 1. The lowest BCUT2D eigenvalue weighted by Gasteiger charge is -2.12. The van der Waals surface area contributed by atoms with Crippen molar-refractivity contribution in [3.05, 3.63) is 65.0 Å². The number of hydrogen-bond acceptors (Lipinski definition) is 5. The molecule has 0 aliphatic carbocycles. The fraction of sp³-hybridized carbons (Fsp3) is 0.143. The summed E-state index contributed by atoms with van der Waals surface area (Å²) in [6, 6.07) is 15.3. The summed E-state index contributed by atoms with van der Waals surface area (Å²) in [5, 5.41) is 5.31. The molecule has 0 bridgehead atoms. The van der Waals surface area contributed by atoms with Gasteiger partial charge in [-0.1, -0.05) is 29.8 Å². The number of hydrogen-bond donors (Lipinski definition) is 3. The van der Waals surface area contributed by atoms with E-state index in [0.717, 1.165) is 16.1 Å². The molecule has 29 heavy (non-hydrogen) atoms. The monoisotopic (exact) mass is 427 g/mol. The van der Waals surface area contributed by atoms with Gasteiger partial charge >= 0.3 is 0 Å². The van der Waals surface area contributed by atoms with E-state index in [1.165, 1.54) is 19.8 Å². The zero-order valence-electron chi connectivity index (χ0n) is 16.2. The molecule has 8 heteroatoms. The van der Waals surface area contributed by atoms with Crippen LogP contribution in [0.25, 0.3) is 10.4 Å². The Morgan fingerprint density at radius 2 is 1.62 bits per heavy atom. The quantitative estimate of drug-likeness (QED) is 0.415. The van der Waals surface area contributed by atoms with E-state index in [1.807, 2.05) is 11.4 Å². The van der Waals surface area contributed by atoms with Crippen molar-refractivity contribution in [2.24, 2.45) is 0 Å². The van der Waals surface area contributed by atoms with Crippen molar-refractivity contribution in [2.75, 3.05) is 19.5 Å². The van der Waals surface area contributed by atoms with Crippen molar-refractivity contribution in [3.8, 4) is 21.9 Å². The van der Waals surface area contributed by atoms with Crippen LogP contribution in [0.3, 0.4) is 0 Å². The highest BCUT2D eigenvalue weighted by molar-refractivity contribution is 7.80. The Labute approximate surface area is 178 Å². The molecule has 0 radical (unpaired) electrons. The van der Waals surface area contributed by atoms with Crippen molar-refractivity contribution >= 4 is 40.3 Å². The number of carbonyl (C=O) groups is 1. The lowest BCUT2D eigenvalue weighted by Crippen LogP contribution is -2.43. The lowest BCUT2D eigenvalue weighted by molar-refractivity contribution is 0.0943. The number of thiocarbonyl (C=S) groups is 1. The first-order valence-corrected chi connectivity index (χ1v) is 10.0. The largest absolute Gasteiger partial charge is 0.497 e. The number of benzene rings is 2.